The Morgan fingerprint density at radius 3 is 2.21 bits per heavy atom. The summed E-state index contributed by atoms with van der Waals surface area (Å²) in [4.78, 5) is 0. The molecule has 0 saturated heterocycles. The van der Waals surface area contributed by atoms with Crippen LogP contribution in [0.25, 0.3) is 0 Å². The first-order valence-electron chi connectivity index (χ1n) is 5.64. The Labute approximate surface area is 123 Å². The molecule has 2 rings (SSSR count). The van der Waals surface area contributed by atoms with Crippen LogP contribution in [0.1, 0.15) is 18.5 Å². The molecule has 0 spiro atoms. The zero-order valence-corrected chi connectivity index (χ0v) is 12.2. The summed E-state index contributed by atoms with van der Waals surface area (Å²) in [5.74, 6) is -3.85. The second kappa shape index (κ2) is 5.81. The van der Waals surface area contributed by atoms with Crippen molar-refractivity contribution in [2.75, 3.05) is 5.32 Å². The fourth-order valence-corrected chi connectivity index (χ4v) is 2.06. The van der Waals surface area contributed by atoms with Crippen LogP contribution in [0.2, 0.25) is 0 Å². The number of nitrogens with one attached hydrogen (secondary N) is 1. The van der Waals surface area contributed by atoms with Gasteiger partial charge in [0.25, 0.3) is 0 Å². The Hall–Kier alpha value is -1.24. The quantitative estimate of drug-likeness (QED) is 0.594. The molecule has 100 valence electrons. The number of halogens is 4. The van der Waals surface area contributed by atoms with Gasteiger partial charge in [0, 0.05) is 9.61 Å². The van der Waals surface area contributed by atoms with Crippen LogP contribution < -0.4 is 5.32 Å². The van der Waals surface area contributed by atoms with E-state index >= 15 is 0 Å². The average Bonchev–Trinajstić information content (AvgIpc) is 2.40. The third kappa shape index (κ3) is 3.20. The predicted molar refractivity (Wildman–Crippen MR) is 77.5 cm³/mol. The zero-order valence-electron chi connectivity index (χ0n) is 10.1. The summed E-state index contributed by atoms with van der Waals surface area (Å²) in [6, 6.07) is 9.54. The van der Waals surface area contributed by atoms with E-state index in [0.29, 0.717) is 0 Å². The van der Waals surface area contributed by atoms with Crippen LogP contribution in [0.5, 0.6) is 0 Å². The monoisotopic (exact) mass is 377 g/mol. The van der Waals surface area contributed by atoms with Crippen molar-refractivity contribution in [3.63, 3.8) is 0 Å². The summed E-state index contributed by atoms with van der Waals surface area (Å²) < 4.78 is 40.5. The summed E-state index contributed by atoms with van der Waals surface area (Å²) in [5.41, 5.74) is 0.884. The van der Waals surface area contributed by atoms with E-state index in [1.807, 2.05) is 31.2 Å². The molecule has 5 heteroatoms. The van der Waals surface area contributed by atoms with Gasteiger partial charge in [-0.15, -0.1) is 0 Å². The summed E-state index contributed by atoms with van der Waals surface area (Å²) in [6.07, 6.45) is 0. The van der Waals surface area contributed by atoms with E-state index < -0.39 is 17.5 Å². The summed E-state index contributed by atoms with van der Waals surface area (Å²) >= 11 is 2.19. The molecule has 1 N–H and O–H groups in total. The smallest absolute Gasteiger partial charge is 0.196 e. The zero-order chi connectivity index (χ0) is 14.0. The largest absolute Gasteiger partial charge is 0.376 e. The first-order valence-corrected chi connectivity index (χ1v) is 6.72. The van der Waals surface area contributed by atoms with Crippen LogP contribution in [0.15, 0.2) is 36.4 Å². The third-order valence-corrected chi connectivity index (χ3v) is 3.50. The topological polar surface area (TPSA) is 12.0 Å². The standard InChI is InChI=1S/C14H11F3IN/c1-8(9-2-4-10(18)5-3-9)19-12-7-6-11(15)13(16)14(12)17/h2-8,19H,1H3. The molecule has 0 saturated carbocycles. The molecule has 0 heterocycles. The van der Waals surface area contributed by atoms with Gasteiger partial charge in [-0.25, -0.2) is 13.2 Å². The SMILES string of the molecule is CC(Nc1ccc(F)c(F)c1F)c1ccc(I)cc1. The van der Waals surface area contributed by atoms with Crippen molar-refractivity contribution < 1.29 is 13.2 Å². The number of rotatable bonds is 3. The summed E-state index contributed by atoms with van der Waals surface area (Å²) in [6.45, 7) is 1.82. The molecule has 0 radical (unpaired) electrons. The summed E-state index contributed by atoms with van der Waals surface area (Å²) in [7, 11) is 0. The fourth-order valence-electron chi connectivity index (χ4n) is 1.71. The lowest BCUT2D eigenvalue weighted by Gasteiger charge is -2.16. The summed E-state index contributed by atoms with van der Waals surface area (Å²) in [5, 5.41) is 2.83. The van der Waals surface area contributed by atoms with E-state index in [2.05, 4.69) is 27.9 Å². The van der Waals surface area contributed by atoms with Gasteiger partial charge in [-0.1, -0.05) is 12.1 Å². The van der Waals surface area contributed by atoms with E-state index in [-0.39, 0.29) is 11.7 Å². The fraction of sp³-hybridized carbons (Fsp3) is 0.143. The molecule has 0 aliphatic heterocycles. The highest BCUT2D eigenvalue weighted by Gasteiger charge is 2.15. The maximum Gasteiger partial charge on any atom is 0.196 e. The Morgan fingerprint density at radius 2 is 1.58 bits per heavy atom. The minimum atomic E-state index is -1.46. The van der Waals surface area contributed by atoms with Crippen molar-refractivity contribution in [2.45, 2.75) is 13.0 Å². The molecule has 1 nitrogen and oxygen atoms in total. The van der Waals surface area contributed by atoms with E-state index in [1.54, 1.807) is 0 Å². The van der Waals surface area contributed by atoms with Crippen molar-refractivity contribution in [3.05, 3.63) is 63.0 Å². The maximum absolute atomic E-state index is 13.5. The second-order valence-corrected chi connectivity index (χ2v) is 5.39. The molecule has 1 atom stereocenters. The Morgan fingerprint density at radius 1 is 0.947 bits per heavy atom. The van der Waals surface area contributed by atoms with Crippen LogP contribution in [-0.4, -0.2) is 0 Å². The van der Waals surface area contributed by atoms with Crippen molar-refractivity contribution in [1.29, 1.82) is 0 Å². The van der Waals surface area contributed by atoms with E-state index in [0.717, 1.165) is 15.2 Å². The van der Waals surface area contributed by atoms with Gasteiger partial charge in [-0.3, -0.25) is 0 Å². The first kappa shape index (κ1) is 14.2. The number of hydrogen-bond donors (Lipinski definition) is 1. The van der Waals surface area contributed by atoms with E-state index in [9.17, 15) is 13.2 Å². The van der Waals surface area contributed by atoms with Crippen LogP contribution in [0, 0.1) is 21.0 Å². The lowest BCUT2D eigenvalue weighted by Crippen LogP contribution is -2.09. The van der Waals surface area contributed by atoms with Gasteiger partial charge in [0.15, 0.2) is 17.5 Å². The molecule has 0 fully saturated rings. The molecule has 0 aromatic heterocycles. The highest BCUT2D eigenvalue weighted by molar-refractivity contribution is 14.1. The molecule has 0 aliphatic carbocycles. The highest BCUT2D eigenvalue weighted by Crippen LogP contribution is 2.24. The van der Waals surface area contributed by atoms with E-state index in [4.69, 9.17) is 0 Å². The molecule has 0 bridgehead atoms. The second-order valence-electron chi connectivity index (χ2n) is 4.14. The molecule has 0 amide bonds. The van der Waals surface area contributed by atoms with Crippen LogP contribution in [0.4, 0.5) is 18.9 Å². The predicted octanol–water partition coefficient (Wildman–Crippen LogP) is 4.88. The van der Waals surface area contributed by atoms with Gasteiger partial charge in [0.05, 0.1) is 5.69 Å². The van der Waals surface area contributed by atoms with Gasteiger partial charge in [0.1, 0.15) is 0 Å². The lowest BCUT2D eigenvalue weighted by molar-refractivity contribution is 0.448. The van der Waals surface area contributed by atoms with Gasteiger partial charge < -0.3 is 5.32 Å². The first-order chi connectivity index (χ1) is 8.99. The number of anilines is 1. The lowest BCUT2D eigenvalue weighted by atomic mass is 10.1. The maximum atomic E-state index is 13.5. The van der Waals surface area contributed by atoms with Crippen LogP contribution in [0.3, 0.4) is 0 Å². The van der Waals surface area contributed by atoms with Gasteiger partial charge in [0.2, 0.25) is 0 Å². The number of benzene rings is 2. The number of hydrogen-bond acceptors (Lipinski definition) is 1. The molecule has 2 aromatic carbocycles. The van der Waals surface area contributed by atoms with Crippen molar-refractivity contribution in [3.8, 4) is 0 Å². The molecule has 2 aromatic rings. The normalized spacial score (nSPS) is 12.3. The molecular weight excluding hydrogens is 366 g/mol. The van der Waals surface area contributed by atoms with Gasteiger partial charge in [-0.05, 0) is 59.3 Å². The third-order valence-electron chi connectivity index (χ3n) is 2.78. The van der Waals surface area contributed by atoms with Crippen LogP contribution >= 0.6 is 22.6 Å². The molecular formula is C14H11F3IN. The van der Waals surface area contributed by atoms with Crippen molar-refractivity contribution in [2.24, 2.45) is 0 Å². The molecule has 0 aliphatic rings. The van der Waals surface area contributed by atoms with Gasteiger partial charge in [-0.2, -0.15) is 0 Å². The average molecular weight is 377 g/mol. The Bertz CT molecular complexity index is 584. The minimum absolute atomic E-state index is 0.0510. The highest BCUT2D eigenvalue weighted by atomic mass is 127. The van der Waals surface area contributed by atoms with E-state index in [1.165, 1.54) is 6.07 Å². The van der Waals surface area contributed by atoms with Crippen molar-refractivity contribution >= 4 is 28.3 Å². The molecule has 19 heavy (non-hydrogen) atoms. The Kier molecular flexibility index (Phi) is 4.34. The minimum Gasteiger partial charge on any atom is -0.376 e. The van der Waals surface area contributed by atoms with Crippen LogP contribution in [-0.2, 0) is 0 Å². The Balaban J connectivity index is 2.21. The molecule has 1 unspecified atom stereocenters. The van der Waals surface area contributed by atoms with Gasteiger partial charge >= 0.3 is 0 Å². The van der Waals surface area contributed by atoms with Crippen molar-refractivity contribution in [1.82, 2.24) is 0 Å².